The Labute approximate surface area is 121 Å². The van der Waals surface area contributed by atoms with Crippen LogP contribution in [-0.4, -0.2) is 47.1 Å². The van der Waals surface area contributed by atoms with E-state index in [-0.39, 0.29) is 5.56 Å². The van der Waals surface area contributed by atoms with Crippen molar-refractivity contribution in [3.05, 3.63) is 23.0 Å². The number of nitrogens with zero attached hydrogens (tertiary/aromatic N) is 2. The molecule has 5 heteroatoms. The van der Waals surface area contributed by atoms with E-state index in [0.29, 0.717) is 24.0 Å². The molecule has 20 heavy (non-hydrogen) atoms. The molecule has 0 aliphatic carbocycles. The van der Waals surface area contributed by atoms with Gasteiger partial charge in [0, 0.05) is 24.8 Å². The van der Waals surface area contributed by atoms with E-state index in [1.54, 1.807) is 13.0 Å². The lowest BCUT2D eigenvalue weighted by Gasteiger charge is -2.24. The van der Waals surface area contributed by atoms with Gasteiger partial charge in [0.2, 0.25) is 0 Å². The monoisotopic (exact) mass is 279 g/mol. The zero-order valence-corrected chi connectivity index (χ0v) is 13.0. The third-order valence-electron chi connectivity index (χ3n) is 3.67. The second-order valence-electron chi connectivity index (χ2n) is 5.24. The fourth-order valence-electron chi connectivity index (χ4n) is 2.14. The van der Waals surface area contributed by atoms with Crippen molar-refractivity contribution in [2.24, 2.45) is 0 Å². The summed E-state index contributed by atoms with van der Waals surface area (Å²) in [7, 11) is 2.08. The third kappa shape index (κ3) is 4.20. The summed E-state index contributed by atoms with van der Waals surface area (Å²) < 4.78 is 0. The first-order chi connectivity index (χ1) is 9.36. The molecule has 1 rings (SSSR count). The predicted octanol–water partition coefficient (Wildman–Crippen LogP) is 2.54. The summed E-state index contributed by atoms with van der Waals surface area (Å²) in [5.41, 5.74) is 2.29. The van der Waals surface area contributed by atoms with Gasteiger partial charge in [-0.15, -0.1) is 0 Å². The van der Waals surface area contributed by atoms with Gasteiger partial charge in [-0.2, -0.15) is 0 Å². The second kappa shape index (κ2) is 7.24. The number of carbonyl (C=O) groups is 1. The van der Waals surface area contributed by atoms with Gasteiger partial charge in [0.1, 0.15) is 5.56 Å². The van der Waals surface area contributed by atoms with E-state index in [2.05, 4.69) is 36.1 Å². The highest BCUT2D eigenvalue weighted by Crippen LogP contribution is 2.19. The zero-order valence-electron chi connectivity index (χ0n) is 13.0. The molecule has 5 nitrogen and oxygen atoms in total. The Morgan fingerprint density at radius 1 is 1.50 bits per heavy atom. The van der Waals surface area contributed by atoms with Crippen LogP contribution in [0.1, 0.15) is 42.0 Å². The maximum absolute atomic E-state index is 11.3. The molecule has 0 saturated carbocycles. The Hall–Kier alpha value is -1.62. The van der Waals surface area contributed by atoms with Gasteiger partial charge in [0.15, 0.2) is 0 Å². The number of anilines is 1. The van der Waals surface area contributed by atoms with Gasteiger partial charge in [0.25, 0.3) is 0 Å². The van der Waals surface area contributed by atoms with Crippen LogP contribution in [0, 0.1) is 13.8 Å². The quantitative estimate of drug-likeness (QED) is 0.803. The van der Waals surface area contributed by atoms with Crippen LogP contribution < -0.4 is 5.32 Å². The molecule has 2 N–H and O–H groups in total. The van der Waals surface area contributed by atoms with E-state index < -0.39 is 5.97 Å². The molecule has 0 amide bonds. The Morgan fingerprint density at radius 2 is 2.15 bits per heavy atom. The van der Waals surface area contributed by atoms with E-state index in [1.807, 2.05) is 6.92 Å². The molecule has 0 bridgehead atoms. The van der Waals surface area contributed by atoms with Crippen molar-refractivity contribution in [1.29, 1.82) is 0 Å². The molecule has 1 unspecified atom stereocenters. The molecule has 0 fully saturated rings. The van der Waals surface area contributed by atoms with Crippen molar-refractivity contribution in [3.63, 3.8) is 0 Å². The average Bonchev–Trinajstić information content (AvgIpc) is 2.36. The number of nitrogens with one attached hydrogen (secondary N) is 1. The highest BCUT2D eigenvalue weighted by molar-refractivity contribution is 5.95. The molecule has 1 atom stereocenters. The number of rotatable bonds is 7. The summed E-state index contributed by atoms with van der Waals surface area (Å²) >= 11 is 0. The van der Waals surface area contributed by atoms with Crippen molar-refractivity contribution in [2.75, 3.05) is 25.5 Å². The minimum atomic E-state index is -0.937. The van der Waals surface area contributed by atoms with E-state index in [9.17, 15) is 9.90 Å². The predicted molar refractivity (Wildman–Crippen MR) is 81.5 cm³/mol. The van der Waals surface area contributed by atoms with Crippen LogP contribution >= 0.6 is 0 Å². The number of aromatic carboxylic acids is 1. The maximum Gasteiger partial charge on any atom is 0.339 e. The SMILES string of the molecule is CCC(C)N(C)CCNc1cc(C)nc(C)c1C(=O)O. The molecule has 0 aliphatic rings. The molecule has 1 aromatic rings. The number of hydrogen-bond donors (Lipinski definition) is 2. The molecule has 0 aromatic carbocycles. The number of aryl methyl sites for hydroxylation is 2. The lowest BCUT2D eigenvalue weighted by atomic mass is 10.1. The van der Waals surface area contributed by atoms with E-state index in [0.717, 1.165) is 18.7 Å². The highest BCUT2D eigenvalue weighted by atomic mass is 16.4. The number of carboxylic acid groups (broad SMARTS) is 1. The number of likely N-dealkylation sites (N-methyl/N-ethyl adjacent to an activating group) is 1. The lowest BCUT2D eigenvalue weighted by Crippen LogP contribution is -2.33. The van der Waals surface area contributed by atoms with Crippen molar-refractivity contribution >= 4 is 11.7 Å². The third-order valence-corrected chi connectivity index (χ3v) is 3.67. The van der Waals surface area contributed by atoms with Crippen LogP contribution in [0.15, 0.2) is 6.07 Å². The zero-order chi connectivity index (χ0) is 15.3. The first kappa shape index (κ1) is 16.4. The first-order valence-corrected chi connectivity index (χ1v) is 7.02. The Kier molecular flexibility index (Phi) is 5.95. The normalized spacial score (nSPS) is 12.5. The van der Waals surface area contributed by atoms with Crippen LogP contribution in [0.4, 0.5) is 5.69 Å². The van der Waals surface area contributed by atoms with Gasteiger partial charge < -0.3 is 15.3 Å². The summed E-state index contributed by atoms with van der Waals surface area (Å²) in [5, 5.41) is 12.5. The average molecular weight is 279 g/mol. The van der Waals surface area contributed by atoms with E-state index in [4.69, 9.17) is 0 Å². The number of pyridine rings is 1. The molecular weight excluding hydrogens is 254 g/mol. The smallest absolute Gasteiger partial charge is 0.339 e. The van der Waals surface area contributed by atoms with E-state index in [1.165, 1.54) is 0 Å². The van der Waals surface area contributed by atoms with Gasteiger partial charge in [0.05, 0.1) is 11.4 Å². The molecule has 0 aliphatic heterocycles. The van der Waals surface area contributed by atoms with Crippen molar-refractivity contribution in [1.82, 2.24) is 9.88 Å². The molecule has 112 valence electrons. The largest absolute Gasteiger partial charge is 0.478 e. The number of hydrogen-bond acceptors (Lipinski definition) is 4. The van der Waals surface area contributed by atoms with Gasteiger partial charge in [-0.25, -0.2) is 4.79 Å². The van der Waals surface area contributed by atoms with Gasteiger partial charge in [-0.1, -0.05) is 6.92 Å². The van der Waals surface area contributed by atoms with Crippen LogP contribution in [0.5, 0.6) is 0 Å². The number of aromatic nitrogens is 1. The Morgan fingerprint density at radius 3 is 2.70 bits per heavy atom. The van der Waals surface area contributed by atoms with Gasteiger partial charge >= 0.3 is 5.97 Å². The molecule has 1 aromatic heterocycles. The summed E-state index contributed by atoms with van der Waals surface area (Å²) in [6.07, 6.45) is 1.10. The molecule has 0 saturated heterocycles. The topological polar surface area (TPSA) is 65.5 Å². The minimum Gasteiger partial charge on any atom is -0.478 e. The van der Waals surface area contributed by atoms with Crippen molar-refractivity contribution in [2.45, 2.75) is 40.2 Å². The van der Waals surface area contributed by atoms with Crippen LogP contribution in [0.2, 0.25) is 0 Å². The lowest BCUT2D eigenvalue weighted by molar-refractivity contribution is 0.0696. The summed E-state index contributed by atoms with van der Waals surface area (Å²) in [6.45, 7) is 9.52. The fourth-order valence-corrected chi connectivity index (χ4v) is 2.14. The molecule has 0 radical (unpaired) electrons. The Balaban J connectivity index is 2.75. The molecule has 1 heterocycles. The van der Waals surface area contributed by atoms with Gasteiger partial charge in [-0.05, 0) is 40.3 Å². The van der Waals surface area contributed by atoms with Gasteiger partial charge in [-0.3, -0.25) is 4.98 Å². The highest BCUT2D eigenvalue weighted by Gasteiger charge is 2.15. The van der Waals surface area contributed by atoms with Crippen LogP contribution in [-0.2, 0) is 0 Å². The van der Waals surface area contributed by atoms with Crippen molar-refractivity contribution < 1.29 is 9.90 Å². The summed E-state index contributed by atoms with van der Waals surface area (Å²) in [6, 6.07) is 2.32. The standard InChI is InChI=1S/C15H25N3O2/c1-6-11(3)18(5)8-7-16-13-9-10(2)17-12(4)14(13)15(19)20/h9,11H,6-8H2,1-5H3,(H,16,17)(H,19,20). The summed E-state index contributed by atoms with van der Waals surface area (Å²) in [4.78, 5) is 17.8. The van der Waals surface area contributed by atoms with E-state index >= 15 is 0 Å². The minimum absolute atomic E-state index is 0.266. The maximum atomic E-state index is 11.3. The molecular formula is C15H25N3O2. The van der Waals surface area contributed by atoms with Crippen molar-refractivity contribution in [3.8, 4) is 0 Å². The van der Waals surface area contributed by atoms with Crippen LogP contribution in [0.25, 0.3) is 0 Å². The first-order valence-electron chi connectivity index (χ1n) is 7.02. The fraction of sp³-hybridized carbons (Fsp3) is 0.600. The second-order valence-corrected chi connectivity index (χ2v) is 5.24. The van der Waals surface area contributed by atoms with Crippen LogP contribution in [0.3, 0.4) is 0 Å². The number of carboxylic acids is 1. The molecule has 0 spiro atoms. The Bertz CT molecular complexity index is 474. The summed E-state index contributed by atoms with van der Waals surface area (Å²) in [5.74, 6) is -0.937.